The second-order valence-corrected chi connectivity index (χ2v) is 4.94. The molecule has 0 bridgehead atoms. The summed E-state index contributed by atoms with van der Waals surface area (Å²) < 4.78 is 2.19. The number of para-hydroxylation sites is 1. The smallest absolute Gasteiger partial charge is 0.0672 e. The van der Waals surface area contributed by atoms with Crippen LogP contribution in [0.15, 0.2) is 47.3 Å². The van der Waals surface area contributed by atoms with Gasteiger partial charge in [0.2, 0.25) is 0 Å². The Morgan fingerprint density at radius 1 is 1.19 bits per heavy atom. The zero-order valence-corrected chi connectivity index (χ0v) is 10.1. The van der Waals surface area contributed by atoms with Gasteiger partial charge in [0.25, 0.3) is 0 Å². The van der Waals surface area contributed by atoms with Crippen molar-refractivity contribution in [2.45, 2.75) is 6.54 Å². The van der Waals surface area contributed by atoms with Crippen LogP contribution in [-0.4, -0.2) is 4.57 Å². The standard InChI is InChI=1S/C13H10ClNS/c14-12-3-1-2-11-4-6-15(13(11)12)8-10-5-7-16-9-10/h1-7,9H,8H2. The average Bonchev–Trinajstić information content (AvgIpc) is 2.90. The average molecular weight is 248 g/mol. The van der Waals surface area contributed by atoms with Crippen molar-refractivity contribution in [2.24, 2.45) is 0 Å². The van der Waals surface area contributed by atoms with Crippen molar-refractivity contribution in [2.75, 3.05) is 0 Å². The number of thiophene rings is 1. The predicted molar refractivity (Wildman–Crippen MR) is 70.4 cm³/mol. The number of hydrogen-bond acceptors (Lipinski definition) is 1. The van der Waals surface area contributed by atoms with Crippen molar-refractivity contribution < 1.29 is 0 Å². The maximum Gasteiger partial charge on any atom is 0.0672 e. The van der Waals surface area contributed by atoms with Gasteiger partial charge in [-0.3, -0.25) is 0 Å². The zero-order chi connectivity index (χ0) is 11.0. The molecule has 0 spiro atoms. The van der Waals surface area contributed by atoms with Crippen LogP contribution < -0.4 is 0 Å². The van der Waals surface area contributed by atoms with Gasteiger partial charge in [0.05, 0.1) is 10.5 Å². The third-order valence-electron chi connectivity index (χ3n) is 2.67. The molecule has 0 unspecified atom stereocenters. The van der Waals surface area contributed by atoms with Crippen LogP contribution in [0.4, 0.5) is 0 Å². The Morgan fingerprint density at radius 3 is 2.94 bits per heavy atom. The molecular weight excluding hydrogens is 238 g/mol. The molecule has 2 heterocycles. The minimum Gasteiger partial charge on any atom is -0.342 e. The van der Waals surface area contributed by atoms with Gasteiger partial charge in [0.1, 0.15) is 0 Å². The Bertz CT molecular complexity index is 610. The molecule has 0 fully saturated rings. The SMILES string of the molecule is Clc1cccc2ccn(Cc3ccsc3)c12. The van der Waals surface area contributed by atoms with Gasteiger partial charge in [0, 0.05) is 18.1 Å². The lowest BCUT2D eigenvalue weighted by Gasteiger charge is -2.04. The Balaban J connectivity index is 2.10. The van der Waals surface area contributed by atoms with Gasteiger partial charge < -0.3 is 4.57 Å². The number of benzene rings is 1. The van der Waals surface area contributed by atoms with E-state index >= 15 is 0 Å². The van der Waals surface area contributed by atoms with Crippen LogP contribution in [-0.2, 0) is 6.54 Å². The quantitative estimate of drug-likeness (QED) is 0.632. The maximum atomic E-state index is 6.23. The number of rotatable bonds is 2. The number of halogens is 1. The summed E-state index contributed by atoms with van der Waals surface area (Å²) in [7, 11) is 0. The summed E-state index contributed by atoms with van der Waals surface area (Å²) in [6, 6.07) is 10.3. The molecule has 0 radical (unpaired) electrons. The van der Waals surface area contributed by atoms with E-state index in [0.717, 1.165) is 17.1 Å². The van der Waals surface area contributed by atoms with Crippen molar-refractivity contribution in [1.82, 2.24) is 4.57 Å². The first-order valence-corrected chi connectivity index (χ1v) is 6.41. The largest absolute Gasteiger partial charge is 0.342 e. The van der Waals surface area contributed by atoms with Crippen molar-refractivity contribution in [3.05, 3.63) is 57.9 Å². The zero-order valence-electron chi connectivity index (χ0n) is 8.56. The summed E-state index contributed by atoms with van der Waals surface area (Å²) >= 11 is 7.95. The summed E-state index contributed by atoms with van der Waals surface area (Å²) in [5.74, 6) is 0. The fraction of sp³-hybridized carbons (Fsp3) is 0.0769. The molecule has 0 atom stereocenters. The molecular formula is C13H10ClNS. The minimum absolute atomic E-state index is 0.817. The molecule has 0 aliphatic carbocycles. The van der Waals surface area contributed by atoms with Crippen LogP contribution in [0.1, 0.15) is 5.56 Å². The van der Waals surface area contributed by atoms with Crippen LogP contribution in [0.2, 0.25) is 5.02 Å². The second kappa shape index (κ2) is 3.96. The van der Waals surface area contributed by atoms with Gasteiger partial charge in [-0.2, -0.15) is 11.3 Å². The van der Waals surface area contributed by atoms with E-state index in [0.29, 0.717) is 0 Å². The summed E-state index contributed by atoms with van der Waals surface area (Å²) in [6.07, 6.45) is 2.09. The number of fused-ring (bicyclic) bond motifs is 1. The molecule has 0 saturated carbocycles. The van der Waals surface area contributed by atoms with Gasteiger partial charge in [-0.05, 0) is 34.5 Å². The van der Waals surface area contributed by atoms with E-state index in [4.69, 9.17) is 11.6 Å². The highest BCUT2D eigenvalue weighted by Crippen LogP contribution is 2.25. The molecule has 3 heteroatoms. The van der Waals surface area contributed by atoms with Crippen molar-refractivity contribution in [1.29, 1.82) is 0 Å². The molecule has 0 amide bonds. The van der Waals surface area contributed by atoms with E-state index < -0.39 is 0 Å². The lowest BCUT2D eigenvalue weighted by atomic mass is 10.2. The normalized spacial score (nSPS) is 11.1. The molecule has 3 aromatic rings. The Morgan fingerprint density at radius 2 is 2.12 bits per heavy atom. The monoisotopic (exact) mass is 247 g/mol. The predicted octanol–water partition coefficient (Wildman–Crippen LogP) is 4.40. The first kappa shape index (κ1) is 9.94. The molecule has 0 aliphatic rings. The highest BCUT2D eigenvalue weighted by molar-refractivity contribution is 7.07. The molecule has 0 saturated heterocycles. The molecule has 0 aliphatic heterocycles. The highest BCUT2D eigenvalue weighted by atomic mass is 35.5. The van der Waals surface area contributed by atoms with Gasteiger partial charge in [-0.1, -0.05) is 23.7 Å². The summed E-state index contributed by atoms with van der Waals surface area (Å²) in [6.45, 7) is 0.886. The van der Waals surface area contributed by atoms with Crippen LogP contribution in [0.5, 0.6) is 0 Å². The first-order valence-electron chi connectivity index (χ1n) is 5.09. The van der Waals surface area contributed by atoms with Gasteiger partial charge in [-0.15, -0.1) is 0 Å². The summed E-state index contributed by atoms with van der Waals surface area (Å²) in [5, 5.41) is 6.28. The highest BCUT2D eigenvalue weighted by Gasteiger charge is 2.05. The molecule has 3 rings (SSSR count). The van der Waals surface area contributed by atoms with Crippen LogP contribution in [0, 0.1) is 0 Å². The molecule has 1 aromatic carbocycles. The maximum absolute atomic E-state index is 6.23. The van der Waals surface area contributed by atoms with Crippen LogP contribution >= 0.6 is 22.9 Å². The molecule has 1 nitrogen and oxygen atoms in total. The van der Waals surface area contributed by atoms with Crippen molar-refractivity contribution in [3.63, 3.8) is 0 Å². The fourth-order valence-electron chi connectivity index (χ4n) is 1.93. The van der Waals surface area contributed by atoms with E-state index in [1.807, 2.05) is 12.1 Å². The van der Waals surface area contributed by atoms with E-state index in [9.17, 15) is 0 Å². The van der Waals surface area contributed by atoms with Gasteiger partial charge in [0.15, 0.2) is 0 Å². The van der Waals surface area contributed by atoms with Crippen molar-refractivity contribution in [3.8, 4) is 0 Å². The van der Waals surface area contributed by atoms with E-state index in [1.165, 1.54) is 10.9 Å². The fourth-order valence-corrected chi connectivity index (χ4v) is 2.88. The van der Waals surface area contributed by atoms with Crippen LogP contribution in [0.3, 0.4) is 0 Å². The lowest BCUT2D eigenvalue weighted by molar-refractivity contribution is 0.840. The van der Waals surface area contributed by atoms with E-state index in [-0.39, 0.29) is 0 Å². The minimum atomic E-state index is 0.817. The second-order valence-electron chi connectivity index (χ2n) is 3.75. The van der Waals surface area contributed by atoms with Crippen molar-refractivity contribution >= 4 is 33.8 Å². The number of hydrogen-bond donors (Lipinski definition) is 0. The van der Waals surface area contributed by atoms with E-state index in [2.05, 4.69) is 39.7 Å². The lowest BCUT2D eigenvalue weighted by Crippen LogP contribution is -1.96. The van der Waals surface area contributed by atoms with Gasteiger partial charge >= 0.3 is 0 Å². The summed E-state index contributed by atoms with van der Waals surface area (Å²) in [4.78, 5) is 0. The first-order chi connectivity index (χ1) is 7.84. The Kier molecular flexibility index (Phi) is 2.46. The molecule has 2 aromatic heterocycles. The third kappa shape index (κ3) is 1.64. The summed E-state index contributed by atoms with van der Waals surface area (Å²) in [5.41, 5.74) is 2.44. The Hall–Kier alpha value is -1.25. The molecule has 80 valence electrons. The van der Waals surface area contributed by atoms with Gasteiger partial charge in [-0.25, -0.2) is 0 Å². The number of aromatic nitrogens is 1. The van der Waals surface area contributed by atoms with Crippen LogP contribution in [0.25, 0.3) is 10.9 Å². The molecule has 16 heavy (non-hydrogen) atoms. The topological polar surface area (TPSA) is 4.93 Å². The third-order valence-corrected chi connectivity index (χ3v) is 3.71. The Labute approximate surface area is 103 Å². The molecule has 0 N–H and O–H groups in total. The number of nitrogens with zero attached hydrogens (tertiary/aromatic N) is 1. The van der Waals surface area contributed by atoms with E-state index in [1.54, 1.807) is 11.3 Å².